The molecule has 0 aliphatic rings. The zero-order chi connectivity index (χ0) is 35.6. The van der Waals surface area contributed by atoms with Crippen molar-refractivity contribution in [3.63, 3.8) is 0 Å². The molecule has 2 nitrogen and oxygen atoms in total. The van der Waals surface area contributed by atoms with Gasteiger partial charge in [-0.25, -0.2) is 4.98 Å². The first kappa shape index (κ1) is 30.5. The molecule has 0 aliphatic carbocycles. The van der Waals surface area contributed by atoms with E-state index >= 15 is 0 Å². The lowest BCUT2D eigenvalue weighted by Gasteiger charge is -2.20. The van der Waals surface area contributed by atoms with Crippen molar-refractivity contribution in [3.05, 3.63) is 194 Å². The summed E-state index contributed by atoms with van der Waals surface area (Å²) >= 11 is 0. The molecular formula is C52H32N2. The molecule has 0 atom stereocenters. The van der Waals surface area contributed by atoms with Crippen LogP contribution in [-0.2, 0) is 0 Å². The van der Waals surface area contributed by atoms with Gasteiger partial charge in [0.05, 0.1) is 16.7 Å². The molecule has 2 heterocycles. The molecular weight excluding hydrogens is 653 g/mol. The lowest BCUT2D eigenvalue weighted by atomic mass is 9.83. The minimum atomic E-state index is 0.930. The number of aromatic nitrogens is 2. The molecule has 9 aromatic carbocycles. The molecule has 54 heavy (non-hydrogen) atoms. The summed E-state index contributed by atoms with van der Waals surface area (Å²) in [6, 6.07) is 68.3. The van der Waals surface area contributed by atoms with Gasteiger partial charge in [0.25, 0.3) is 0 Å². The molecule has 0 aliphatic heterocycles. The van der Waals surface area contributed by atoms with Gasteiger partial charge in [-0.2, -0.15) is 0 Å². The number of nitrogens with zero attached hydrogens (tertiary/aromatic N) is 2. The molecule has 2 heteroatoms. The van der Waals surface area contributed by atoms with Crippen LogP contribution < -0.4 is 0 Å². The van der Waals surface area contributed by atoms with E-state index in [1.165, 1.54) is 70.9 Å². The Labute approximate surface area is 312 Å². The first-order valence-electron chi connectivity index (χ1n) is 18.5. The van der Waals surface area contributed by atoms with E-state index in [1.54, 1.807) is 0 Å². The summed E-state index contributed by atoms with van der Waals surface area (Å²) in [6.45, 7) is 0. The van der Waals surface area contributed by atoms with Crippen LogP contribution in [0.3, 0.4) is 0 Å². The molecule has 0 bridgehead atoms. The molecule has 11 aromatic rings. The van der Waals surface area contributed by atoms with E-state index in [2.05, 4.69) is 187 Å². The van der Waals surface area contributed by atoms with Gasteiger partial charge in [0.1, 0.15) is 0 Å². The third kappa shape index (κ3) is 4.88. The average molecular weight is 685 g/mol. The van der Waals surface area contributed by atoms with Crippen LogP contribution in [0.4, 0.5) is 0 Å². The van der Waals surface area contributed by atoms with Crippen LogP contribution in [0.15, 0.2) is 194 Å². The lowest BCUT2D eigenvalue weighted by Crippen LogP contribution is -1.93. The standard InChI is InChI=1S/C52H32N2/c1-2-11-39-31-41(25-20-33(39)9-1)49-44-15-5-6-16-45(44)50(43-17-7-12-35-10-3-4-14-42(35)43)47-32-40(26-28-46(47)49)34-18-21-36(22-19-34)48-29-27-38-24-23-37-13-8-30-53-51(37)52(38)54-48/h1-32H. The van der Waals surface area contributed by atoms with Gasteiger partial charge in [0.2, 0.25) is 0 Å². The maximum Gasteiger partial charge on any atom is 0.0972 e. The second kappa shape index (κ2) is 12.2. The second-order valence-electron chi connectivity index (χ2n) is 14.1. The summed E-state index contributed by atoms with van der Waals surface area (Å²) in [5.41, 5.74) is 11.2. The summed E-state index contributed by atoms with van der Waals surface area (Å²) in [5.74, 6) is 0. The van der Waals surface area contributed by atoms with E-state index in [4.69, 9.17) is 4.98 Å². The van der Waals surface area contributed by atoms with Gasteiger partial charge >= 0.3 is 0 Å². The summed E-state index contributed by atoms with van der Waals surface area (Å²) in [5, 5.41) is 12.2. The zero-order valence-electron chi connectivity index (χ0n) is 29.4. The maximum atomic E-state index is 5.11. The molecule has 2 aromatic heterocycles. The van der Waals surface area contributed by atoms with Gasteiger partial charge in [0, 0.05) is 22.5 Å². The summed E-state index contributed by atoms with van der Waals surface area (Å²) in [4.78, 5) is 9.77. The SMILES string of the molecule is c1ccc2cc(-c3c4ccccc4c(-c4cccc5ccccc45)c4cc(-c5ccc(-c6ccc7ccc8cccnc8c7n6)cc5)ccc34)ccc2c1. The van der Waals surface area contributed by atoms with Crippen LogP contribution in [0.25, 0.3) is 110 Å². The van der Waals surface area contributed by atoms with Crippen molar-refractivity contribution in [2.75, 3.05) is 0 Å². The van der Waals surface area contributed by atoms with Gasteiger partial charge in [-0.1, -0.05) is 164 Å². The molecule has 0 saturated carbocycles. The van der Waals surface area contributed by atoms with E-state index in [1.807, 2.05) is 12.3 Å². The summed E-state index contributed by atoms with van der Waals surface area (Å²) in [6.07, 6.45) is 1.84. The first-order valence-corrected chi connectivity index (χ1v) is 18.5. The van der Waals surface area contributed by atoms with Crippen molar-refractivity contribution < 1.29 is 0 Å². The molecule has 0 amide bonds. The number of hydrogen-bond donors (Lipinski definition) is 0. The molecule has 0 fully saturated rings. The van der Waals surface area contributed by atoms with Gasteiger partial charge in [-0.3, -0.25) is 4.98 Å². The minimum Gasteiger partial charge on any atom is -0.254 e. The van der Waals surface area contributed by atoms with Crippen LogP contribution >= 0.6 is 0 Å². The van der Waals surface area contributed by atoms with E-state index < -0.39 is 0 Å². The van der Waals surface area contributed by atoms with Crippen LogP contribution in [0.1, 0.15) is 0 Å². The van der Waals surface area contributed by atoms with Crippen molar-refractivity contribution >= 4 is 64.9 Å². The van der Waals surface area contributed by atoms with Crippen LogP contribution in [0, 0.1) is 0 Å². The highest BCUT2D eigenvalue weighted by Crippen LogP contribution is 2.46. The topological polar surface area (TPSA) is 25.8 Å². The molecule has 0 spiro atoms. The predicted molar refractivity (Wildman–Crippen MR) is 229 cm³/mol. The third-order valence-electron chi connectivity index (χ3n) is 11.1. The van der Waals surface area contributed by atoms with E-state index in [9.17, 15) is 0 Å². The zero-order valence-corrected chi connectivity index (χ0v) is 29.4. The fourth-order valence-corrected chi connectivity index (χ4v) is 8.47. The van der Waals surface area contributed by atoms with E-state index in [0.717, 1.165) is 38.6 Å². The van der Waals surface area contributed by atoms with E-state index in [0.29, 0.717) is 0 Å². The van der Waals surface area contributed by atoms with Gasteiger partial charge < -0.3 is 0 Å². The molecule has 11 rings (SSSR count). The highest BCUT2D eigenvalue weighted by atomic mass is 14.7. The third-order valence-corrected chi connectivity index (χ3v) is 11.1. The van der Waals surface area contributed by atoms with Crippen molar-refractivity contribution in [2.24, 2.45) is 0 Å². The molecule has 0 unspecified atom stereocenters. The smallest absolute Gasteiger partial charge is 0.0972 e. The normalized spacial score (nSPS) is 11.7. The van der Waals surface area contributed by atoms with Crippen molar-refractivity contribution in [3.8, 4) is 44.6 Å². The molecule has 0 radical (unpaired) electrons. The second-order valence-corrected chi connectivity index (χ2v) is 14.1. The Bertz CT molecular complexity index is 3260. The minimum absolute atomic E-state index is 0.930. The fraction of sp³-hybridized carbons (Fsp3) is 0. The average Bonchev–Trinajstić information content (AvgIpc) is 3.25. The number of benzene rings is 9. The van der Waals surface area contributed by atoms with Crippen molar-refractivity contribution in [1.82, 2.24) is 9.97 Å². The molecule has 0 N–H and O–H groups in total. The van der Waals surface area contributed by atoms with Gasteiger partial charge in [-0.05, 0) is 101 Å². The van der Waals surface area contributed by atoms with Crippen LogP contribution in [-0.4, -0.2) is 9.97 Å². The van der Waals surface area contributed by atoms with Crippen molar-refractivity contribution in [2.45, 2.75) is 0 Å². The Morgan fingerprint density at radius 1 is 0.296 bits per heavy atom. The van der Waals surface area contributed by atoms with Gasteiger partial charge in [-0.15, -0.1) is 0 Å². The van der Waals surface area contributed by atoms with E-state index in [-0.39, 0.29) is 0 Å². The Kier molecular flexibility index (Phi) is 6.90. The highest BCUT2D eigenvalue weighted by molar-refractivity contribution is 6.24. The fourth-order valence-electron chi connectivity index (χ4n) is 8.47. The number of rotatable bonds is 4. The van der Waals surface area contributed by atoms with Crippen molar-refractivity contribution in [1.29, 1.82) is 0 Å². The number of hydrogen-bond acceptors (Lipinski definition) is 2. The Morgan fingerprint density at radius 2 is 0.889 bits per heavy atom. The Hall–Kier alpha value is -7.16. The van der Waals surface area contributed by atoms with Crippen LogP contribution in [0.2, 0.25) is 0 Å². The maximum absolute atomic E-state index is 5.11. The van der Waals surface area contributed by atoms with Gasteiger partial charge in [0.15, 0.2) is 0 Å². The molecule has 250 valence electrons. The first-order chi connectivity index (χ1) is 26.8. The summed E-state index contributed by atoms with van der Waals surface area (Å²) < 4.78 is 0. The Balaban J connectivity index is 1.12. The lowest BCUT2D eigenvalue weighted by molar-refractivity contribution is 1.37. The summed E-state index contributed by atoms with van der Waals surface area (Å²) in [7, 11) is 0. The monoisotopic (exact) mass is 684 g/mol. The van der Waals surface area contributed by atoms with Crippen LogP contribution in [0.5, 0.6) is 0 Å². The largest absolute Gasteiger partial charge is 0.254 e. The number of pyridine rings is 2. The highest BCUT2D eigenvalue weighted by Gasteiger charge is 2.19. The quantitative estimate of drug-likeness (QED) is 0.136. The molecule has 0 saturated heterocycles. The number of fused-ring (bicyclic) bond motifs is 7. The Morgan fingerprint density at radius 3 is 1.74 bits per heavy atom. The predicted octanol–water partition coefficient (Wildman–Crippen LogP) is 14.1.